The normalized spacial score (nSPS) is 15.3. The van der Waals surface area contributed by atoms with Crippen LogP contribution in [0.1, 0.15) is 36.3 Å². The number of nitrogens with one attached hydrogen (secondary N) is 2. The van der Waals surface area contributed by atoms with Crippen LogP contribution in [0, 0.1) is 11.6 Å². The molecule has 0 spiro atoms. The Labute approximate surface area is 144 Å². The molecule has 1 saturated carbocycles. The number of H-pyrrole nitrogens is 1. The van der Waals surface area contributed by atoms with Crippen molar-refractivity contribution in [1.82, 2.24) is 10.3 Å². The Bertz CT molecular complexity index is 930. The van der Waals surface area contributed by atoms with E-state index in [1.54, 1.807) is 0 Å². The van der Waals surface area contributed by atoms with Gasteiger partial charge in [0.15, 0.2) is 0 Å². The Morgan fingerprint density at radius 3 is 2.72 bits per heavy atom. The lowest BCUT2D eigenvalue weighted by molar-refractivity contribution is -0.121. The highest BCUT2D eigenvalue weighted by Crippen LogP contribution is 2.35. The Hall–Kier alpha value is -2.69. The lowest BCUT2D eigenvalue weighted by Gasteiger charge is -2.18. The van der Waals surface area contributed by atoms with Crippen LogP contribution in [0.25, 0.3) is 10.9 Å². The second kappa shape index (κ2) is 6.31. The molecule has 3 aromatic rings. The van der Waals surface area contributed by atoms with E-state index in [9.17, 15) is 13.6 Å². The SMILES string of the molecule is O=C(C[C@@H](c1ccc(F)cc1F)c1c[nH]c2ccccc12)NC1CC1. The highest BCUT2D eigenvalue weighted by Gasteiger charge is 2.28. The molecule has 0 radical (unpaired) electrons. The van der Waals surface area contributed by atoms with Crippen LogP contribution in [0.15, 0.2) is 48.7 Å². The van der Waals surface area contributed by atoms with Crippen molar-refractivity contribution in [2.75, 3.05) is 0 Å². The van der Waals surface area contributed by atoms with Gasteiger partial charge in [-0.3, -0.25) is 4.79 Å². The summed E-state index contributed by atoms with van der Waals surface area (Å²) < 4.78 is 27.8. The van der Waals surface area contributed by atoms with Crippen LogP contribution < -0.4 is 5.32 Å². The minimum atomic E-state index is -0.630. The molecule has 2 aromatic carbocycles. The number of carbonyl (C=O) groups is 1. The van der Waals surface area contributed by atoms with Crippen molar-refractivity contribution in [3.05, 3.63) is 71.4 Å². The van der Waals surface area contributed by atoms with E-state index >= 15 is 0 Å². The first-order chi connectivity index (χ1) is 12.1. The number of hydrogen-bond acceptors (Lipinski definition) is 1. The van der Waals surface area contributed by atoms with E-state index in [2.05, 4.69) is 10.3 Å². The van der Waals surface area contributed by atoms with Gasteiger partial charge in [-0.2, -0.15) is 0 Å². The lowest BCUT2D eigenvalue weighted by atomic mass is 9.87. The molecule has 5 heteroatoms. The Kier molecular flexibility index (Phi) is 3.99. The monoisotopic (exact) mass is 340 g/mol. The van der Waals surface area contributed by atoms with Crippen molar-refractivity contribution in [3.8, 4) is 0 Å². The van der Waals surface area contributed by atoms with E-state index in [0.717, 1.165) is 35.4 Å². The van der Waals surface area contributed by atoms with Crippen molar-refractivity contribution < 1.29 is 13.6 Å². The molecule has 4 rings (SSSR count). The van der Waals surface area contributed by atoms with Gasteiger partial charge in [0.05, 0.1) is 0 Å². The summed E-state index contributed by atoms with van der Waals surface area (Å²) in [6, 6.07) is 11.5. The zero-order valence-corrected chi connectivity index (χ0v) is 13.6. The fraction of sp³-hybridized carbons (Fsp3) is 0.250. The molecule has 1 aromatic heterocycles. The smallest absolute Gasteiger partial charge is 0.221 e. The predicted molar refractivity (Wildman–Crippen MR) is 92.3 cm³/mol. The zero-order chi connectivity index (χ0) is 17.4. The molecule has 1 aliphatic carbocycles. The molecule has 1 aliphatic rings. The highest BCUT2D eigenvalue weighted by atomic mass is 19.1. The van der Waals surface area contributed by atoms with Crippen molar-refractivity contribution in [2.24, 2.45) is 0 Å². The maximum Gasteiger partial charge on any atom is 0.221 e. The molecular formula is C20H18F2N2O. The summed E-state index contributed by atoms with van der Waals surface area (Å²) >= 11 is 0. The van der Waals surface area contributed by atoms with Gasteiger partial charge in [-0.15, -0.1) is 0 Å². The molecule has 1 atom stereocenters. The minimum absolute atomic E-state index is 0.110. The molecule has 0 saturated heterocycles. The fourth-order valence-electron chi connectivity index (χ4n) is 3.25. The van der Waals surface area contributed by atoms with Crippen molar-refractivity contribution >= 4 is 16.8 Å². The summed E-state index contributed by atoms with van der Waals surface area (Å²) in [5.41, 5.74) is 2.09. The zero-order valence-electron chi connectivity index (χ0n) is 13.6. The lowest BCUT2D eigenvalue weighted by Crippen LogP contribution is -2.27. The second-order valence-electron chi connectivity index (χ2n) is 6.55. The van der Waals surface area contributed by atoms with E-state index in [1.807, 2.05) is 30.5 Å². The summed E-state index contributed by atoms with van der Waals surface area (Å²) in [7, 11) is 0. The standard InChI is InChI=1S/C20H18F2N2O/c21-12-5-8-14(18(22)9-12)16(10-20(25)24-13-6-7-13)17-11-23-19-4-2-1-3-15(17)19/h1-5,8-9,11,13,16,23H,6-7,10H2,(H,24,25)/t16-/m0/s1. The van der Waals surface area contributed by atoms with Gasteiger partial charge in [0, 0.05) is 41.5 Å². The summed E-state index contributed by atoms with van der Waals surface area (Å²) in [6.45, 7) is 0. The van der Waals surface area contributed by atoms with Gasteiger partial charge in [-0.05, 0) is 36.1 Å². The minimum Gasteiger partial charge on any atom is -0.361 e. The van der Waals surface area contributed by atoms with Crippen LogP contribution in [-0.2, 0) is 4.79 Å². The molecule has 2 N–H and O–H groups in total. The number of carbonyl (C=O) groups excluding carboxylic acids is 1. The average molecular weight is 340 g/mol. The number of fused-ring (bicyclic) bond motifs is 1. The molecule has 128 valence electrons. The quantitative estimate of drug-likeness (QED) is 0.717. The van der Waals surface area contributed by atoms with E-state index in [0.29, 0.717) is 5.56 Å². The van der Waals surface area contributed by atoms with Crippen molar-refractivity contribution in [3.63, 3.8) is 0 Å². The third-order valence-electron chi connectivity index (χ3n) is 4.67. The van der Waals surface area contributed by atoms with Crippen LogP contribution in [0.5, 0.6) is 0 Å². The van der Waals surface area contributed by atoms with Gasteiger partial charge in [-0.25, -0.2) is 8.78 Å². The maximum atomic E-state index is 14.4. The molecule has 3 nitrogen and oxygen atoms in total. The van der Waals surface area contributed by atoms with Crippen molar-refractivity contribution in [1.29, 1.82) is 0 Å². The first-order valence-corrected chi connectivity index (χ1v) is 8.42. The number of amides is 1. The van der Waals surface area contributed by atoms with E-state index < -0.39 is 17.6 Å². The van der Waals surface area contributed by atoms with Crippen molar-refractivity contribution in [2.45, 2.75) is 31.2 Å². The molecule has 0 bridgehead atoms. The number of hydrogen-bond donors (Lipinski definition) is 2. The van der Waals surface area contributed by atoms with Gasteiger partial charge in [0.2, 0.25) is 5.91 Å². The van der Waals surface area contributed by atoms with Gasteiger partial charge in [0.1, 0.15) is 11.6 Å². The third kappa shape index (κ3) is 3.27. The maximum absolute atomic E-state index is 14.4. The van der Waals surface area contributed by atoms with Gasteiger partial charge in [-0.1, -0.05) is 24.3 Å². The van der Waals surface area contributed by atoms with E-state index in [-0.39, 0.29) is 18.4 Å². The largest absolute Gasteiger partial charge is 0.361 e. The Morgan fingerprint density at radius 2 is 1.96 bits per heavy atom. The van der Waals surface area contributed by atoms with Crippen LogP contribution in [-0.4, -0.2) is 16.9 Å². The number of para-hydroxylation sites is 1. The molecule has 1 heterocycles. The van der Waals surface area contributed by atoms with E-state index in [4.69, 9.17) is 0 Å². The molecule has 0 aliphatic heterocycles. The van der Waals surface area contributed by atoms with E-state index in [1.165, 1.54) is 12.1 Å². The molecule has 1 amide bonds. The fourth-order valence-corrected chi connectivity index (χ4v) is 3.25. The first-order valence-electron chi connectivity index (χ1n) is 8.42. The molecule has 1 fully saturated rings. The average Bonchev–Trinajstić information content (AvgIpc) is 3.29. The van der Waals surface area contributed by atoms with Crippen LogP contribution in [0.3, 0.4) is 0 Å². The highest BCUT2D eigenvalue weighted by molar-refractivity contribution is 5.86. The number of aromatic amines is 1. The molecular weight excluding hydrogens is 322 g/mol. The number of halogens is 2. The van der Waals surface area contributed by atoms with Crippen LogP contribution in [0.4, 0.5) is 8.78 Å². The van der Waals surface area contributed by atoms with Gasteiger partial charge in [0.25, 0.3) is 0 Å². The third-order valence-corrected chi connectivity index (χ3v) is 4.67. The van der Waals surface area contributed by atoms with Gasteiger partial charge >= 0.3 is 0 Å². The summed E-state index contributed by atoms with van der Waals surface area (Å²) in [4.78, 5) is 15.5. The van der Waals surface area contributed by atoms with Crippen LogP contribution >= 0.6 is 0 Å². The predicted octanol–water partition coefficient (Wildman–Crippen LogP) is 4.25. The summed E-state index contributed by atoms with van der Waals surface area (Å²) in [6.07, 6.45) is 3.92. The molecule has 0 unspecified atom stereocenters. The number of aromatic nitrogens is 1. The molecule has 25 heavy (non-hydrogen) atoms. The Morgan fingerprint density at radius 1 is 1.16 bits per heavy atom. The summed E-state index contributed by atoms with van der Waals surface area (Å²) in [5.74, 6) is -1.84. The summed E-state index contributed by atoms with van der Waals surface area (Å²) in [5, 5.41) is 3.89. The van der Waals surface area contributed by atoms with Crippen LogP contribution in [0.2, 0.25) is 0 Å². The first kappa shape index (κ1) is 15.8. The Balaban J connectivity index is 1.75. The number of rotatable bonds is 5. The second-order valence-corrected chi connectivity index (χ2v) is 6.55. The van der Waals surface area contributed by atoms with Gasteiger partial charge < -0.3 is 10.3 Å². The topological polar surface area (TPSA) is 44.9 Å². The number of benzene rings is 2.